The van der Waals surface area contributed by atoms with E-state index in [0.29, 0.717) is 11.5 Å². The van der Waals surface area contributed by atoms with Crippen molar-refractivity contribution in [3.8, 4) is 11.5 Å². The standard InChI is InChI=1S/C22H26N2O5S/c1-16-6-5-7-17(12-16)14-23-30(26,27)18-8-9-19-20(13-18)28-15-21(29-19)22(25)24-10-3-2-4-11-24/h5-9,12-13,21,23H,2-4,10-11,14-15H2,1H3/t21-/m1/s1. The number of aryl methyl sites for hydroxylation is 1. The van der Waals surface area contributed by atoms with Gasteiger partial charge < -0.3 is 14.4 Å². The zero-order valence-electron chi connectivity index (χ0n) is 17.0. The van der Waals surface area contributed by atoms with Crippen molar-refractivity contribution in [1.82, 2.24) is 9.62 Å². The van der Waals surface area contributed by atoms with Crippen LogP contribution in [-0.4, -0.2) is 45.0 Å². The number of fused-ring (bicyclic) bond motifs is 1. The summed E-state index contributed by atoms with van der Waals surface area (Å²) in [5.41, 5.74) is 1.95. The molecule has 1 N–H and O–H groups in total. The van der Waals surface area contributed by atoms with Crippen LogP contribution in [0.4, 0.5) is 0 Å². The molecule has 1 fully saturated rings. The summed E-state index contributed by atoms with van der Waals surface area (Å²) in [6, 6.07) is 12.1. The highest BCUT2D eigenvalue weighted by molar-refractivity contribution is 7.89. The van der Waals surface area contributed by atoms with E-state index in [1.165, 1.54) is 12.1 Å². The number of carbonyl (C=O) groups excluding carboxylic acids is 1. The van der Waals surface area contributed by atoms with Crippen molar-refractivity contribution in [1.29, 1.82) is 0 Å². The van der Waals surface area contributed by atoms with Crippen LogP contribution in [0.3, 0.4) is 0 Å². The van der Waals surface area contributed by atoms with E-state index in [0.717, 1.165) is 43.5 Å². The first-order valence-electron chi connectivity index (χ1n) is 10.2. The SMILES string of the molecule is Cc1cccc(CNS(=O)(=O)c2ccc3c(c2)OC[C@H](C(=O)N2CCCCC2)O3)c1. The Morgan fingerprint density at radius 2 is 1.90 bits per heavy atom. The minimum absolute atomic E-state index is 0.0720. The fourth-order valence-electron chi connectivity index (χ4n) is 3.74. The lowest BCUT2D eigenvalue weighted by atomic mass is 10.1. The molecule has 0 saturated carbocycles. The first-order chi connectivity index (χ1) is 14.4. The van der Waals surface area contributed by atoms with Crippen LogP contribution in [0.2, 0.25) is 0 Å². The van der Waals surface area contributed by atoms with Gasteiger partial charge in [-0.1, -0.05) is 29.8 Å². The Kier molecular flexibility index (Phi) is 5.97. The monoisotopic (exact) mass is 430 g/mol. The van der Waals surface area contributed by atoms with Gasteiger partial charge in [0.1, 0.15) is 6.61 Å². The zero-order chi connectivity index (χ0) is 21.1. The van der Waals surface area contributed by atoms with E-state index in [9.17, 15) is 13.2 Å². The molecule has 1 amide bonds. The van der Waals surface area contributed by atoms with Gasteiger partial charge in [-0.15, -0.1) is 0 Å². The van der Waals surface area contributed by atoms with Crippen molar-refractivity contribution in [2.45, 2.75) is 43.7 Å². The normalized spacial score (nSPS) is 18.8. The van der Waals surface area contributed by atoms with Gasteiger partial charge in [0.2, 0.25) is 16.1 Å². The van der Waals surface area contributed by atoms with E-state index in [2.05, 4.69) is 4.72 Å². The van der Waals surface area contributed by atoms with Crippen LogP contribution in [0.5, 0.6) is 11.5 Å². The van der Waals surface area contributed by atoms with Crippen molar-refractivity contribution >= 4 is 15.9 Å². The third kappa shape index (κ3) is 4.60. The molecule has 2 aromatic rings. The van der Waals surface area contributed by atoms with Gasteiger partial charge in [-0.3, -0.25) is 4.79 Å². The lowest BCUT2D eigenvalue weighted by molar-refractivity contribution is -0.142. The quantitative estimate of drug-likeness (QED) is 0.788. The summed E-state index contributed by atoms with van der Waals surface area (Å²) in [6.45, 7) is 3.72. The summed E-state index contributed by atoms with van der Waals surface area (Å²) in [4.78, 5) is 14.6. The van der Waals surface area contributed by atoms with Gasteiger partial charge in [-0.25, -0.2) is 13.1 Å². The summed E-state index contributed by atoms with van der Waals surface area (Å²) in [7, 11) is -3.71. The number of sulfonamides is 1. The number of carbonyl (C=O) groups is 1. The predicted octanol–water partition coefficient (Wildman–Crippen LogP) is 2.63. The Bertz CT molecular complexity index is 1030. The van der Waals surface area contributed by atoms with Gasteiger partial charge in [0, 0.05) is 25.7 Å². The van der Waals surface area contributed by atoms with Crippen LogP contribution in [-0.2, 0) is 21.4 Å². The van der Waals surface area contributed by atoms with Gasteiger partial charge in [0.15, 0.2) is 11.5 Å². The number of ether oxygens (including phenoxy) is 2. The average Bonchev–Trinajstić information content (AvgIpc) is 2.77. The summed E-state index contributed by atoms with van der Waals surface area (Å²) >= 11 is 0. The second-order valence-corrected chi connectivity index (χ2v) is 9.49. The number of nitrogens with one attached hydrogen (secondary N) is 1. The van der Waals surface area contributed by atoms with E-state index in [-0.39, 0.29) is 24.0 Å². The van der Waals surface area contributed by atoms with Crippen LogP contribution in [0, 0.1) is 6.92 Å². The second-order valence-electron chi connectivity index (χ2n) is 7.73. The Morgan fingerprint density at radius 3 is 2.67 bits per heavy atom. The number of piperidine rings is 1. The van der Waals surface area contributed by atoms with E-state index < -0.39 is 16.1 Å². The Labute approximate surface area is 177 Å². The van der Waals surface area contributed by atoms with E-state index >= 15 is 0 Å². The van der Waals surface area contributed by atoms with E-state index in [1.807, 2.05) is 36.1 Å². The predicted molar refractivity (Wildman–Crippen MR) is 112 cm³/mol. The average molecular weight is 431 g/mol. The first-order valence-corrected chi connectivity index (χ1v) is 11.7. The summed E-state index contributed by atoms with van der Waals surface area (Å²) in [6.07, 6.45) is 2.46. The van der Waals surface area contributed by atoms with Crippen LogP contribution >= 0.6 is 0 Å². The molecular weight excluding hydrogens is 404 g/mol. The molecule has 8 heteroatoms. The van der Waals surface area contributed by atoms with Crippen LogP contribution in [0.25, 0.3) is 0 Å². The summed E-state index contributed by atoms with van der Waals surface area (Å²) < 4.78 is 39.5. The molecule has 0 radical (unpaired) electrons. The molecule has 7 nitrogen and oxygen atoms in total. The molecule has 1 saturated heterocycles. The maximum absolute atomic E-state index is 12.7. The van der Waals surface area contributed by atoms with Gasteiger partial charge in [-0.05, 0) is 43.9 Å². The highest BCUT2D eigenvalue weighted by Crippen LogP contribution is 2.34. The van der Waals surface area contributed by atoms with Crippen LogP contribution < -0.4 is 14.2 Å². The number of amides is 1. The molecule has 0 aliphatic carbocycles. The maximum atomic E-state index is 12.7. The van der Waals surface area contributed by atoms with Gasteiger partial charge >= 0.3 is 0 Å². The minimum atomic E-state index is -3.71. The fraction of sp³-hybridized carbons (Fsp3) is 0.409. The first kappa shape index (κ1) is 20.7. The summed E-state index contributed by atoms with van der Waals surface area (Å²) in [5, 5.41) is 0. The third-order valence-electron chi connectivity index (χ3n) is 5.38. The van der Waals surface area contributed by atoms with Crippen molar-refractivity contribution in [3.05, 3.63) is 53.6 Å². The second kappa shape index (κ2) is 8.65. The molecule has 30 heavy (non-hydrogen) atoms. The van der Waals surface area contributed by atoms with Crippen molar-refractivity contribution in [2.75, 3.05) is 19.7 Å². The lowest BCUT2D eigenvalue weighted by Crippen LogP contribution is -2.48. The molecule has 0 aromatic heterocycles. The number of hydrogen-bond donors (Lipinski definition) is 1. The van der Waals surface area contributed by atoms with Crippen LogP contribution in [0.15, 0.2) is 47.4 Å². The Hall–Kier alpha value is -2.58. The van der Waals surface area contributed by atoms with Gasteiger partial charge in [0.05, 0.1) is 4.90 Å². The molecule has 1 atom stereocenters. The molecule has 160 valence electrons. The van der Waals surface area contributed by atoms with Gasteiger partial charge in [0.25, 0.3) is 5.91 Å². The van der Waals surface area contributed by atoms with Gasteiger partial charge in [-0.2, -0.15) is 0 Å². The zero-order valence-corrected chi connectivity index (χ0v) is 17.8. The fourth-order valence-corrected chi connectivity index (χ4v) is 4.77. The third-order valence-corrected chi connectivity index (χ3v) is 6.78. The number of likely N-dealkylation sites (tertiary alicyclic amines) is 1. The number of hydrogen-bond acceptors (Lipinski definition) is 5. The summed E-state index contributed by atoms with van der Waals surface area (Å²) in [5.74, 6) is 0.641. The van der Waals surface area contributed by atoms with Crippen LogP contribution in [0.1, 0.15) is 30.4 Å². The largest absolute Gasteiger partial charge is 0.485 e. The number of benzene rings is 2. The molecular formula is C22H26N2O5S. The Balaban J connectivity index is 1.43. The molecule has 2 aromatic carbocycles. The topological polar surface area (TPSA) is 84.9 Å². The molecule has 4 rings (SSSR count). The lowest BCUT2D eigenvalue weighted by Gasteiger charge is -2.32. The molecule has 2 heterocycles. The Morgan fingerprint density at radius 1 is 1.10 bits per heavy atom. The highest BCUT2D eigenvalue weighted by Gasteiger charge is 2.32. The number of nitrogens with zero attached hydrogens (tertiary/aromatic N) is 1. The van der Waals surface area contributed by atoms with Crippen molar-refractivity contribution in [2.24, 2.45) is 0 Å². The molecule has 2 aliphatic rings. The smallest absolute Gasteiger partial charge is 0.267 e. The van der Waals surface area contributed by atoms with Crippen molar-refractivity contribution < 1.29 is 22.7 Å². The molecule has 2 aliphatic heterocycles. The highest BCUT2D eigenvalue weighted by atomic mass is 32.2. The maximum Gasteiger partial charge on any atom is 0.267 e. The molecule has 0 unspecified atom stereocenters. The van der Waals surface area contributed by atoms with Crippen molar-refractivity contribution in [3.63, 3.8) is 0 Å². The molecule has 0 spiro atoms. The van der Waals surface area contributed by atoms with E-state index in [4.69, 9.17) is 9.47 Å². The molecule has 0 bridgehead atoms. The minimum Gasteiger partial charge on any atom is -0.485 e. The van der Waals surface area contributed by atoms with E-state index in [1.54, 1.807) is 6.07 Å². The number of rotatable bonds is 5.